The highest BCUT2D eigenvalue weighted by Crippen LogP contribution is 2.21. The molecule has 0 fully saturated rings. The second-order valence-corrected chi connectivity index (χ2v) is 7.00. The van der Waals surface area contributed by atoms with Gasteiger partial charge in [-0.3, -0.25) is 4.79 Å². The minimum absolute atomic E-state index is 0.0610. The van der Waals surface area contributed by atoms with Crippen molar-refractivity contribution in [2.75, 3.05) is 6.61 Å². The first kappa shape index (κ1) is 19.3. The van der Waals surface area contributed by atoms with Crippen LogP contribution in [0.25, 0.3) is 0 Å². The number of nitrogens with one attached hydrogen (secondary N) is 1. The van der Waals surface area contributed by atoms with Gasteiger partial charge < -0.3 is 10.1 Å². The Labute approximate surface area is 155 Å². The normalized spacial score (nSPS) is 12.0. The van der Waals surface area contributed by atoms with Gasteiger partial charge in [-0.25, -0.2) is 0 Å². The molecule has 0 saturated carbocycles. The summed E-state index contributed by atoms with van der Waals surface area (Å²) in [5.41, 5.74) is 1.15. The number of ether oxygens (including phenoxy) is 1. The molecular formula is C21H26ClNO2. The van der Waals surface area contributed by atoms with Crippen LogP contribution < -0.4 is 10.1 Å². The molecule has 2 aromatic carbocycles. The molecule has 3 nitrogen and oxygen atoms in total. The summed E-state index contributed by atoms with van der Waals surface area (Å²) in [6.07, 6.45) is 2.06. The Hall–Kier alpha value is -2.00. The molecule has 2 aromatic rings. The second-order valence-electron chi connectivity index (χ2n) is 6.57. The van der Waals surface area contributed by atoms with Gasteiger partial charge in [-0.1, -0.05) is 55.8 Å². The topological polar surface area (TPSA) is 38.3 Å². The van der Waals surface area contributed by atoms with E-state index in [0.717, 1.165) is 17.7 Å². The van der Waals surface area contributed by atoms with Crippen LogP contribution in [-0.2, 0) is 4.79 Å². The monoisotopic (exact) mass is 359 g/mol. The third kappa shape index (κ3) is 7.18. The smallest absolute Gasteiger partial charge is 0.220 e. The molecule has 0 heterocycles. The van der Waals surface area contributed by atoms with Gasteiger partial charge in [0.2, 0.25) is 5.91 Å². The maximum absolute atomic E-state index is 12.3. The number of hydrogen-bond donors (Lipinski definition) is 1. The van der Waals surface area contributed by atoms with Crippen LogP contribution in [-0.4, -0.2) is 12.5 Å². The van der Waals surface area contributed by atoms with Crippen molar-refractivity contribution < 1.29 is 9.53 Å². The third-order valence-electron chi connectivity index (χ3n) is 3.87. The van der Waals surface area contributed by atoms with Crippen molar-refractivity contribution in [2.45, 2.75) is 39.2 Å². The summed E-state index contributed by atoms with van der Waals surface area (Å²) in [5, 5.41) is 3.84. The van der Waals surface area contributed by atoms with Crippen LogP contribution in [0.4, 0.5) is 0 Å². The molecule has 0 spiro atoms. The number of rotatable bonds is 9. The predicted octanol–water partition coefficient (Wildman–Crippen LogP) is 5.40. The summed E-state index contributed by atoms with van der Waals surface area (Å²) >= 11 is 5.84. The lowest BCUT2D eigenvalue weighted by atomic mass is 9.97. The number of halogens is 1. The fourth-order valence-corrected chi connectivity index (χ4v) is 2.78. The highest BCUT2D eigenvalue weighted by Gasteiger charge is 2.15. The fourth-order valence-electron chi connectivity index (χ4n) is 2.66. The number of hydrogen-bond acceptors (Lipinski definition) is 2. The van der Waals surface area contributed by atoms with E-state index in [1.54, 1.807) is 12.1 Å². The van der Waals surface area contributed by atoms with Gasteiger partial charge in [-0.05, 0) is 48.6 Å². The molecule has 4 heteroatoms. The van der Waals surface area contributed by atoms with Gasteiger partial charge in [0.25, 0.3) is 0 Å². The lowest BCUT2D eigenvalue weighted by Crippen LogP contribution is -2.29. The van der Waals surface area contributed by atoms with Gasteiger partial charge in [0, 0.05) is 11.4 Å². The molecule has 0 radical (unpaired) electrons. The zero-order valence-corrected chi connectivity index (χ0v) is 15.6. The van der Waals surface area contributed by atoms with Crippen molar-refractivity contribution >= 4 is 17.5 Å². The van der Waals surface area contributed by atoms with Gasteiger partial charge in [0.15, 0.2) is 0 Å². The van der Waals surface area contributed by atoms with Crippen LogP contribution in [0.2, 0.25) is 5.02 Å². The molecular weight excluding hydrogens is 334 g/mol. The van der Waals surface area contributed by atoms with Crippen molar-refractivity contribution in [3.63, 3.8) is 0 Å². The highest BCUT2D eigenvalue weighted by atomic mass is 35.5. The number of carbonyl (C=O) groups excluding carboxylic acids is 1. The molecule has 0 unspecified atom stereocenters. The van der Waals surface area contributed by atoms with E-state index in [2.05, 4.69) is 31.3 Å². The third-order valence-corrected chi connectivity index (χ3v) is 4.13. The Morgan fingerprint density at radius 3 is 2.40 bits per heavy atom. The van der Waals surface area contributed by atoms with Crippen LogP contribution >= 0.6 is 11.6 Å². The minimum Gasteiger partial charge on any atom is -0.494 e. The van der Waals surface area contributed by atoms with Gasteiger partial charge in [0.05, 0.1) is 12.6 Å². The first-order chi connectivity index (χ1) is 12.0. The molecule has 134 valence electrons. The van der Waals surface area contributed by atoms with E-state index in [4.69, 9.17) is 16.3 Å². The Morgan fingerprint density at radius 1 is 1.08 bits per heavy atom. The van der Waals surface area contributed by atoms with Crippen molar-refractivity contribution in [3.8, 4) is 5.75 Å². The minimum atomic E-state index is 0.0610. The summed E-state index contributed by atoms with van der Waals surface area (Å²) < 4.78 is 5.63. The van der Waals surface area contributed by atoms with E-state index in [1.807, 2.05) is 30.3 Å². The number of amides is 1. The molecule has 0 aliphatic carbocycles. The molecule has 0 aliphatic rings. The number of carbonyl (C=O) groups is 1. The summed E-state index contributed by atoms with van der Waals surface area (Å²) in [6.45, 7) is 4.85. The first-order valence-electron chi connectivity index (χ1n) is 8.77. The quantitative estimate of drug-likeness (QED) is 0.608. The molecule has 2 rings (SSSR count). The van der Waals surface area contributed by atoms with E-state index in [-0.39, 0.29) is 11.9 Å². The van der Waals surface area contributed by atoms with Crippen molar-refractivity contribution in [2.24, 2.45) is 5.92 Å². The lowest BCUT2D eigenvalue weighted by molar-refractivity contribution is -0.122. The maximum Gasteiger partial charge on any atom is 0.220 e. The largest absolute Gasteiger partial charge is 0.494 e. The highest BCUT2D eigenvalue weighted by molar-refractivity contribution is 6.30. The Balaban J connectivity index is 1.77. The molecule has 1 N–H and O–H groups in total. The van der Waals surface area contributed by atoms with E-state index in [9.17, 15) is 4.79 Å². The van der Waals surface area contributed by atoms with E-state index in [0.29, 0.717) is 30.4 Å². The van der Waals surface area contributed by atoms with E-state index < -0.39 is 0 Å². The van der Waals surface area contributed by atoms with Crippen molar-refractivity contribution in [3.05, 3.63) is 65.2 Å². The van der Waals surface area contributed by atoms with Gasteiger partial charge >= 0.3 is 0 Å². The predicted molar refractivity (Wildman–Crippen MR) is 103 cm³/mol. The molecule has 1 atom stereocenters. The summed E-state index contributed by atoms with van der Waals surface area (Å²) in [5.74, 6) is 1.35. The average molecular weight is 360 g/mol. The zero-order valence-electron chi connectivity index (χ0n) is 14.9. The molecule has 0 aromatic heterocycles. The molecule has 25 heavy (non-hydrogen) atoms. The van der Waals surface area contributed by atoms with Crippen molar-refractivity contribution in [1.82, 2.24) is 5.32 Å². The summed E-state index contributed by atoms with van der Waals surface area (Å²) in [6, 6.07) is 17.4. The SMILES string of the molecule is CC(C)C[C@@H](NC(=O)CCCOc1ccc(Cl)cc1)c1ccccc1. The maximum atomic E-state index is 12.3. The zero-order chi connectivity index (χ0) is 18.1. The van der Waals surface area contributed by atoms with Crippen LogP contribution in [0.15, 0.2) is 54.6 Å². The van der Waals surface area contributed by atoms with Gasteiger partial charge in [-0.15, -0.1) is 0 Å². The van der Waals surface area contributed by atoms with Crippen molar-refractivity contribution in [1.29, 1.82) is 0 Å². The summed E-state index contributed by atoms with van der Waals surface area (Å²) in [4.78, 5) is 12.3. The molecule has 0 aliphatic heterocycles. The van der Waals surface area contributed by atoms with Crippen LogP contribution in [0.5, 0.6) is 5.75 Å². The lowest BCUT2D eigenvalue weighted by Gasteiger charge is -2.21. The van der Waals surface area contributed by atoms with Crippen LogP contribution in [0, 0.1) is 5.92 Å². The van der Waals surface area contributed by atoms with Crippen LogP contribution in [0.1, 0.15) is 44.7 Å². The van der Waals surface area contributed by atoms with Crippen LogP contribution in [0.3, 0.4) is 0 Å². The average Bonchev–Trinajstić information content (AvgIpc) is 2.60. The second kappa shape index (κ2) is 10.1. The molecule has 0 bridgehead atoms. The Kier molecular flexibility index (Phi) is 7.80. The number of benzene rings is 2. The fraction of sp³-hybridized carbons (Fsp3) is 0.381. The van der Waals surface area contributed by atoms with Gasteiger partial charge in [0.1, 0.15) is 5.75 Å². The molecule has 0 saturated heterocycles. The van der Waals surface area contributed by atoms with E-state index >= 15 is 0 Å². The van der Waals surface area contributed by atoms with E-state index in [1.165, 1.54) is 0 Å². The Morgan fingerprint density at radius 2 is 1.76 bits per heavy atom. The first-order valence-corrected chi connectivity index (χ1v) is 9.15. The Bertz CT molecular complexity index is 641. The van der Waals surface area contributed by atoms with Gasteiger partial charge in [-0.2, -0.15) is 0 Å². The summed E-state index contributed by atoms with van der Waals surface area (Å²) in [7, 11) is 0. The standard InChI is InChI=1S/C21H26ClNO2/c1-16(2)15-20(17-7-4-3-5-8-17)23-21(24)9-6-14-25-19-12-10-18(22)11-13-19/h3-5,7-8,10-13,16,20H,6,9,14-15H2,1-2H3,(H,23,24)/t20-/m1/s1. The molecule has 1 amide bonds.